The van der Waals surface area contributed by atoms with Crippen LogP contribution in [-0.4, -0.2) is 35.0 Å². The van der Waals surface area contributed by atoms with Crippen molar-refractivity contribution in [2.24, 2.45) is 11.7 Å². The molecule has 1 fully saturated rings. The molecule has 0 radical (unpaired) electrons. The van der Waals surface area contributed by atoms with Crippen LogP contribution in [0.5, 0.6) is 0 Å². The summed E-state index contributed by atoms with van der Waals surface area (Å²) in [6.07, 6.45) is 4.60. The molecule has 2 atom stereocenters. The fourth-order valence-electron chi connectivity index (χ4n) is 3.86. The second-order valence-electron chi connectivity index (χ2n) is 6.80. The second-order valence-corrected chi connectivity index (χ2v) is 6.80. The van der Waals surface area contributed by atoms with Crippen LogP contribution in [0.3, 0.4) is 0 Å². The Hall–Kier alpha value is -1.81. The predicted octanol–water partition coefficient (Wildman–Crippen LogP) is 3.10. The number of nitrogens with zero attached hydrogens (tertiary/aromatic N) is 2. The smallest absolute Gasteiger partial charge is 0.222 e. The van der Waals surface area contributed by atoms with Crippen molar-refractivity contribution in [1.29, 1.82) is 0 Å². The van der Waals surface area contributed by atoms with Crippen LogP contribution < -0.4 is 5.73 Å². The summed E-state index contributed by atoms with van der Waals surface area (Å²) in [7, 11) is 0. The summed E-state index contributed by atoms with van der Waals surface area (Å²) in [6, 6.07) is 9.13. The first-order valence-corrected chi connectivity index (χ1v) is 8.66. The van der Waals surface area contributed by atoms with Crippen molar-refractivity contribution in [2.75, 3.05) is 19.6 Å². The molecule has 1 aliphatic heterocycles. The average molecular weight is 313 g/mol. The van der Waals surface area contributed by atoms with Gasteiger partial charge >= 0.3 is 0 Å². The minimum Gasteiger partial charge on any atom is -0.344 e. The van der Waals surface area contributed by atoms with Gasteiger partial charge in [0.2, 0.25) is 5.91 Å². The Morgan fingerprint density at radius 2 is 2.17 bits per heavy atom. The Morgan fingerprint density at radius 3 is 2.91 bits per heavy atom. The van der Waals surface area contributed by atoms with Crippen LogP contribution in [0.2, 0.25) is 0 Å². The number of benzene rings is 1. The van der Waals surface area contributed by atoms with Crippen LogP contribution >= 0.6 is 0 Å². The third-order valence-electron chi connectivity index (χ3n) is 5.11. The molecule has 0 spiro atoms. The van der Waals surface area contributed by atoms with E-state index in [9.17, 15) is 4.79 Å². The van der Waals surface area contributed by atoms with E-state index in [1.54, 1.807) is 0 Å². The maximum atomic E-state index is 12.2. The van der Waals surface area contributed by atoms with E-state index in [4.69, 9.17) is 5.73 Å². The van der Waals surface area contributed by atoms with E-state index in [1.807, 2.05) is 4.90 Å². The topological polar surface area (TPSA) is 51.3 Å². The number of likely N-dealkylation sites (tertiary alicyclic amines) is 1. The van der Waals surface area contributed by atoms with Gasteiger partial charge in [-0.3, -0.25) is 4.79 Å². The molecule has 0 saturated carbocycles. The molecule has 2 aromatic rings. The molecule has 4 heteroatoms. The van der Waals surface area contributed by atoms with E-state index in [0.717, 1.165) is 25.9 Å². The number of nitrogens with two attached hydrogens (primary N) is 1. The zero-order valence-corrected chi connectivity index (χ0v) is 14.2. The van der Waals surface area contributed by atoms with Crippen LogP contribution in [0.25, 0.3) is 10.9 Å². The van der Waals surface area contributed by atoms with E-state index in [-0.39, 0.29) is 5.91 Å². The minimum absolute atomic E-state index is 0.259. The van der Waals surface area contributed by atoms with Gasteiger partial charge in [-0.15, -0.1) is 0 Å². The zero-order valence-electron chi connectivity index (χ0n) is 14.2. The van der Waals surface area contributed by atoms with Crippen LogP contribution in [-0.2, 0) is 4.79 Å². The summed E-state index contributed by atoms with van der Waals surface area (Å²) < 4.78 is 2.43. The molecule has 0 aliphatic carbocycles. The fraction of sp³-hybridized carbons (Fsp3) is 0.526. The summed E-state index contributed by atoms with van der Waals surface area (Å²) in [5.74, 6) is 0.718. The van der Waals surface area contributed by atoms with Gasteiger partial charge in [-0.2, -0.15) is 0 Å². The van der Waals surface area contributed by atoms with Gasteiger partial charge in [0, 0.05) is 31.7 Å². The molecule has 2 N–H and O–H groups in total. The lowest BCUT2D eigenvalue weighted by Gasteiger charge is -2.38. The molecule has 1 aromatic carbocycles. The highest BCUT2D eigenvalue weighted by molar-refractivity contribution is 5.83. The lowest BCUT2D eigenvalue weighted by atomic mass is 9.93. The third-order valence-corrected chi connectivity index (χ3v) is 5.11. The SMILES string of the molecule is Cc1cccc2ccn([C@@H]3CCN(C(=O)CCCN)C[C@@H]3C)c12. The Morgan fingerprint density at radius 1 is 1.35 bits per heavy atom. The number of aryl methyl sites for hydroxylation is 1. The lowest BCUT2D eigenvalue weighted by molar-refractivity contribution is -0.133. The van der Waals surface area contributed by atoms with Crippen LogP contribution in [0.1, 0.15) is 37.8 Å². The second kappa shape index (κ2) is 6.75. The molecule has 23 heavy (non-hydrogen) atoms. The molecular weight excluding hydrogens is 286 g/mol. The monoisotopic (exact) mass is 313 g/mol. The minimum atomic E-state index is 0.259. The summed E-state index contributed by atoms with van der Waals surface area (Å²) in [5.41, 5.74) is 8.17. The molecule has 0 bridgehead atoms. The van der Waals surface area contributed by atoms with Gasteiger partial charge in [0.1, 0.15) is 0 Å². The number of hydrogen-bond donors (Lipinski definition) is 1. The van der Waals surface area contributed by atoms with Crippen LogP contribution in [0.4, 0.5) is 0 Å². The number of piperidine rings is 1. The largest absolute Gasteiger partial charge is 0.344 e. The van der Waals surface area contributed by atoms with E-state index in [0.29, 0.717) is 24.9 Å². The quantitative estimate of drug-likeness (QED) is 0.943. The van der Waals surface area contributed by atoms with Gasteiger partial charge in [-0.05, 0) is 49.2 Å². The summed E-state index contributed by atoms with van der Waals surface area (Å²) in [4.78, 5) is 14.2. The fourth-order valence-corrected chi connectivity index (χ4v) is 3.86. The first kappa shape index (κ1) is 16.1. The molecule has 4 nitrogen and oxygen atoms in total. The average Bonchev–Trinajstić information content (AvgIpc) is 2.97. The van der Waals surface area contributed by atoms with E-state index >= 15 is 0 Å². The highest BCUT2D eigenvalue weighted by Crippen LogP contribution is 2.33. The standard InChI is InChI=1S/C19H27N3O/c1-14-5-3-6-16-8-12-22(19(14)16)17-9-11-21(13-15(17)2)18(23)7-4-10-20/h3,5-6,8,12,15,17H,4,7,9-11,13,20H2,1-2H3/t15-,17+/m0/s1. The highest BCUT2D eigenvalue weighted by atomic mass is 16.2. The first-order valence-electron chi connectivity index (χ1n) is 8.66. The van der Waals surface area contributed by atoms with Crippen molar-refractivity contribution in [1.82, 2.24) is 9.47 Å². The Labute approximate surface area is 138 Å². The zero-order chi connectivity index (χ0) is 16.4. The number of para-hydroxylation sites is 1. The van der Waals surface area contributed by atoms with Crippen LogP contribution in [0.15, 0.2) is 30.5 Å². The number of aromatic nitrogens is 1. The molecule has 3 rings (SSSR count). The third kappa shape index (κ3) is 3.13. The molecular formula is C19H27N3O. The summed E-state index contributed by atoms with van der Waals surface area (Å²) in [5, 5.41) is 1.30. The van der Waals surface area contributed by atoms with E-state index in [2.05, 4.69) is 48.9 Å². The van der Waals surface area contributed by atoms with E-state index in [1.165, 1.54) is 16.5 Å². The van der Waals surface area contributed by atoms with Gasteiger partial charge in [-0.25, -0.2) is 0 Å². The van der Waals surface area contributed by atoms with Crippen molar-refractivity contribution in [2.45, 2.75) is 39.2 Å². The highest BCUT2D eigenvalue weighted by Gasteiger charge is 2.30. The van der Waals surface area contributed by atoms with Crippen molar-refractivity contribution in [3.05, 3.63) is 36.0 Å². The molecule has 1 amide bonds. The van der Waals surface area contributed by atoms with Gasteiger partial charge in [0.15, 0.2) is 0 Å². The number of carbonyl (C=O) groups is 1. The van der Waals surface area contributed by atoms with Gasteiger partial charge in [0.25, 0.3) is 0 Å². The molecule has 1 aromatic heterocycles. The van der Waals surface area contributed by atoms with Crippen molar-refractivity contribution in [3.63, 3.8) is 0 Å². The molecule has 0 unspecified atom stereocenters. The molecule has 2 heterocycles. The Bertz CT molecular complexity index is 691. The number of carbonyl (C=O) groups excluding carboxylic acids is 1. The maximum absolute atomic E-state index is 12.2. The Kier molecular flexibility index (Phi) is 4.71. The van der Waals surface area contributed by atoms with Gasteiger partial charge in [-0.1, -0.05) is 25.1 Å². The maximum Gasteiger partial charge on any atom is 0.222 e. The molecule has 1 saturated heterocycles. The number of rotatable bonds is 4. The Balaban J connectivity index is 1.77. The summed E-state index contributed by atoms with van der Waals surface area (Å²) in [6.45, 7) is 6.72. The van der Waals surface area contributed by atoms with E-state index < -0.39 is 0 Å². The van der Waals surface area contributed by atoms with Gasteiger partial charge in [0.05, 0.1) is 5.52 Å². The lowest BCUT2D eigenvalue weighted by Crippen LogP contribution is -2.43. The molecule has 124 valence electrons. The molecule has 1 aliphatic rings. The van der Waals surface area contributed by atoms with Crippen molar-refractivity contribution < 1.29 is 4.79 Å². The predicted molar refractivity (Wildman–Crippen MR) is 94.4 cm³/mol. The summed E-state index contributed by atoms with van der Waals surface area (Å²) >= 11 is 0. The number of fused-ring (bicyclic) bond motifs is 1. The first-order chi connectivity index (χ1) is 11.1. The van der Waals surface area contributed by atoms with Crippen LogP contribution in [0, 0.1) is 12.8 Å². The van der Waals surface area contributed by atoms with Crippen molar-refractivity contribution >= 4 is 16.8 Å². The van der Waals surface area contributed by atoms with Crippen molar-refractivity contribution in [3.8, 4) is 0 Å². The number of amides is 1. The normalized spacial score (nSPS) is 21.8. The van der Waals surface area contributed by atoms with Gasteiger partial charge < -0.3 is 15.2 Å². The number of hydrogen-bond acceptors (Lipinski definition) is 2.